The first-order valence-corrected chi connectivity index (χ1v) is 12.0. The zero-order valence-corrected chi connectivity index (χ0v) is 20.0. The van der Waals surface area contributed by atoms with Crippen LogP contribution in [0.3, 0.4) is 0 Å². The van der Waals surface area contributed by atoms with Gasteiger partial charge in [-0.25, -0.2) is 17.6 Å². The Labute approximate surface area is 201 Å². The number of anilines is 1. The molecule has 0 aliphatic rings. The van der Waals surface area contributed by atoms with Crippen LogP contribution in [0.2, 0.25) is 5.02 Å². The molecule has 0 aliphatic carbocycles. The molecule has 3 aromatic rings. The number of carbonyl (C=O) groups is 2. The number of carboxylic acid groups (broad SMARTS) is 1. The Bertz CT molecular complexity index is 1360. The van der Waals surface area contributed by atoms with Gasteiger partial charge in [0.05, 0.1) is 16.1 Å². The summed E-state index contributed by atoms with van der Waals surface area (Å²) >= 11 is 6.19. The van der Waals surface area contributed by atoms with Crippen LogP contribution < -0.4 is 9.62 Å². The maximum atomic E-state index is 14.2. The van der Waals surface area contributed by atoms with Crippen LogP contribution in [0, 0.1) is 19.7 Å². The van der Waals surface area contributed by atoms with Gasteiger partial charge in [-0.05, 0) is 66.9 Å². The number of rotatable bonds is 8. The van der Waals surface area contributed by atoms with Gasteiger partial charge in [0.15, 0.2) is 0 Å². The Hall–Kier alpha value is -3.43. The van der Waals surface area contributed by atoms with Gasteiger partial charge in [0.2, 0.25) is 5.91 Å². The molecule has 34 heavy (non-hydrogen) atoms. The summed E-state index contributed by atoms with van der Waals surface area (Å²) < 4.78 is 42.0. The second kappa shape index (κ2) is 10.2. The summed E-state index contributed by atoms with van der Waals surface area (Å²) in [7, 11) is -4.33. The maximum Gasteiger partial charge on any atom is 0.335 e. The third kappa shape index (κ3) is 5.55. The molecule has 0 unspecified atom stereocenters. The van der Waals surface area contributed by atoms with Crippen molar-refractivity contribution < 1.29 is 27.5 Å². The van der Waals surface area contributed by atoms with Crippen molar-refractivity contribution in [2.45, 2.75) is 25.3 Å². The van der Waals surface area contributed by atoms with Crippen LogP contribution in [0.4, 0.5) is 10.1 Å². The van der Waals surface area contributed by atoms with E-state index in [9.17, 15) is 22.4 Å². The number of nitrogens with zero attached hydrogens (tertiary/aromatic N) is 1. The predicted molar refractivity (Wildman–Crippen MR) is 127 cm³/mol. The molecular weight excluding hydrogens is 483 g/mol. The van der Waals surface area contributed by atoms with E-state index in [1.54, 1.807) is 31.2 Å². The second-order valence-corrected chi connectivity index (χ2v) is 9.86. The number of hydrogen-bond acceptors (Lipinski definition) is 4. The zero-order valence-electron chi connectivity index (χ0n) is 18.4. The fraction of sp³-hybridized carbons (Fsp3) is 0.167. The predicted octanol–water partition coefficient (Wildman–Crippen LogP) is 4.31. The van der Waals surface area contributed by atoms with Crippen molar-refractivity contribution in [3.8, 4) is 0 Å². The molecule has 3 rings (SSSR count). The summed E-state index contributed by atoms with van der Waals surface area (Å²) in [5.41, 5.74) is 1.48. The number of benzene rings is 3. The molecule has 0 fully saturated rings. The number of sulfonamides is 1. The molecule has 0 radical (unpaired) electrons. The lowest BCUT2D eigenvalue weighted by Gasteiger charge is -2.26. The first-order chi connectivity index (χ1) is 16.0. The fourth-order valence-electron chi connectivity index (χ4n) is 3.23. The van der Waals surface area contributed by atoms with Gasteiger partial charge >= 0.3 is 5.97 Å². The summed E-state index contributed by atoms with van der Waals surface area (Å²) in [4.78, 5) is 23.6. The van der Waals surface area contributed by atoms with E-state index >= 15 is 0 Å². The Kier molecular flexibility index (Phi) is 7.58. The van der Waals surface area contributed by atoms with E-state index in [1.165, 1.54) is 37.3 Å². The Morgan fingerprint density at radius 3 is 2.44 bits per heavy atom. The average molecular weight is 505 g/mol. The van der Waals surface area contributed by atoms with E-state index < -0.39 is 34.3 Å². The molecule has 0 atom stereocenters. The highest BCUT2D eigenvalue weighted by atomic mass is 35.5. The molecule has 3 aromatic carbocycles. The van der Waals surface area contributed by atoms with Gasteiger partial charge in [-0.3, -0.25) is 9.10 Å². The highest BCUT2D eigenvalue weighted by Gasteiger charge is 2.29. The number of carbonyl (C=O) groups excluding carboxylic acids is 1. The van der Waals surface area contributed by atoms with Crippen LogP contribution >= 0.6 is 11.6 Å². The van der Waals surface area contributed by atoms with Crippen molar-refractivity contribution in [3.63, 3.8) is 0 Å². The van der Waals surface area contributed by atoms with E-state index in [2.05, 4.69) is 5.32 Å². The van der Waals surface area contributed by atoms with Crippen molar-refractivity contribution in [1.29, 1.82) is 0 Å². The molecule has 10 heteroatoms. The number of halogens is 2. The first kappa shape index (κ1) is 25.2. The highest BCUT2D eigenvalue weighted by Crippen LogP contribution is 2.31. The molecule has 7 nitrogen and oxygen atoms in total. The van der Waals surface area contributed by atoms with Crippen LogP contribution in [0.5, 0.6) is 0 Å². The van der Waals surface area contributed by atoms with Crippen LogP contribution in [-0.2, 0) is 21.4 Å². The van der Waals surface area contributed by atoms with Gasteiger partial charge in [-0.1, -0.05) is 35.9 Å². The molecule has 0 spiro atoms. The van der Waals surface area contributed by atoms with E-state index in [0.29, 0.717) is 16.1 Å². The van der Waals surface area contributed by atoms with Gasteiger partial charge in [0, 0.05) is 11.6 Å². The van der Waals surface area contributed by atoms with E-state index in [-0.39, 0.29) is 28.3 Å². The number of nitrogens with one attached hydrogen (secondary N) is 1. The Morgan fingerprint density at radius 1 is 1.06 bits per heavy atom. The van der Waals surface area contributed by atoms with Crippen LogP contribution in [0.25, 0.3) is 0 Å². The lowest BCUT2D eigenvalue weighted by molar-refractivity contribution is -0.119. The molecule has 0 saturated carbocycles. The highest BCUT2D eigenvalue weighted by molar-refractivity contribution is 7.92. The standard InChI is InChI=1S/C24H22ClFN2O5S/c1-15-9-10-19(12-21(15)26)34(32,33)28(22-8-4-7-20(25)16(22)2)14-23(29)27-13-17-5-3-6-18(11-17)24(30)31/h3-12H,13-14H2,1-2H3,(H,27,29)(H,30,31). The number of hydrogen-bond donors (Lipinski definition) is 2. The number of amides is 1. The van der Waals surface area contributed by atoms with Crippen LogP contribution in [-0.4, -0.2) is 31.9 Å². The molecular formula is C24H22ClFN2O5S. The normalized spacial score (nSPS) is 11.2. The molecule has 0 heterocycles. The maximum absolute atomic E-state index is 14.2. The quantitative estimate of drug-likeness (QED) is 0.476. The molecule has 1 amide bonds. The fourth-order valence-corrected chi connectivity index (χ4v) is 4.89. The minimum absolute atomic E-state index is 0.0124. The van der Waals surface area contributed by atoms with Crippen LogP contribution in [0.1, 0.15) is 27.0 Å². The zero-order chi connectivity index (χ0) is 25.0. The second-order valence-electron chi connectivity index (χ2n) is 7.59. The van der Waals surface area contributed by atoms with Gasteiger partial charge in [0.1, 0.15) is 12.4 Å². The topological polar surface area (TPSA) is 104 Å². The van der Waals surface area contributed by atoms with Crippen molar-refractivity contribution in [1.82, 2.24) is 5.32 Å². The number of aryl methyl sites for hydroxylation is 1. The third-order valence-corrected chi connectivity index (χ3v) is 7.36. The summed E-state index contributed by atoms with van der Waals surface area (Å²) in [6.45, 7) is 2.52. The third-order valence-electron chi connectivity index (χ3n) is 5.19. The first-order valence-electron chi connectivity index (χ1n) is 10.1. The largest absolute Gasteiger partial charge is 0.478 e. The van der Waals surface area contributed by atoms with E-state index in [4.69, 9.17) is 16.7 Å². The van der Waals surface area contributed by atoms with Crippen molar-refractivity contribution in [3.05, 3.63) is 93.8 Å². The van der Waals surface area contributed by atoms with Gasteiger partial charge in [-0.2, -0.15) is 0 Å². The minimum atomic E-state index is -4.33. The van der Waals surface area contributed by atoms with Crippen molar-refractivity contribution in [2.24, 2.45) is 0 Å². The van der Waals surface area contributed by atoms with Crippen molar-refractivity contribution in [2.75, 3.05) is 10.8 Å². The Morgan fingerprint density at radius 2 is 1.76 bits per heavy atom. The molecule has 178 valence electrons. The SMILES string of the molecule is Cc1ccc(S(=O)(=O)N(CC(=O)NCc2cccc(C(=O)O)c2)c2cccc(Cl)c2C)cc1F. The lowest BCUT2D eigenvalue weighted by Crippen LogP contribution is -2.41. The molecule has 0 aromatic heterocycles. The van der Waals surface area contributed by atoms with Gasteiger partial charge in [-0.15, -0.1) is 0 Å². The summed E-state index contributed by atoms with van der Waals surface area (Å²) in [6, 6.07) is 14.2. The van der Waals surface area contributed by atoms with E-state index in [0.717, 1.165) is 10.4 Å². The smallest absolute Gasteiger partial charge is 0.335 e. The van der Waals surface area contributed by atoms with Crippen LogP contribution in [0.15, 0.2) is 65.6 Å². The number of aromatic carboxylic acids is 1. The summed E-state index contributed by atoms with van der Waals surface area (Å²) in [6.07, 6.45) is 0. The van der Waals surface area contributed by atoms with Crippen molar-refractivity contribution >= 4 is 39.2 Å². The molecule has 0 aliphatic heterocycles. The Balaban J connectivity index is 1.92. The summed E-state index contributed by atoms with van der Waals surface area (Å²) in [5, 5.41) is 12.0. The number of carboxylic acids is 1. The molecule has 0 saturated heterocycles. The minimum Gasteiger partial charge on any atom is -0.478 e. The van der Waals surface area contributed by atoms with Gasteiger partial charge in [0.25, 0.3) is 10.0 Å². The summed E-state index contributed by atoms with van der Waals surface area (Å²) in [5.74, 6) is -2.44. The monoisotopic (exact) mass is 504 g/mol. The molecule has 2 N–H and O–H groups in total. The van der Waals surface area contributed by atoms with Gasteiger partial charge < -0.3 is 10.4 Å². The molecule has 0 bridgehead atoms. The average Bonchev–Trinajstić information content (AvgIpc) is 2.80. The lowest BCUT2D eigenvalue weighted by atomic mass is 10.1. The van der Waals surface area contributed by atoms with E-state index in [1.807, 2.05) is 0 Å².